The Bertz CT molecular complexity index is 1140. The van der Waals surface area contributed by atoms with E-state index in [4.69, 9.17) is 24.0 Å². The summed E-state index contributed by atoms with van der Waals surface area (Å²) in [6.45, 7) is 4.00. The van der Waals surface area contributed by atoms with E-state index in [0.29, 0.717) is 50.5 Å². The maximum Gasteiger partial charge on any atom is 0.309 e. The SMILES string of the molecule is CCOC(=O)C1CCN(CC(=O)N2N=C(c3ccc(OC)cc3)C[C@H]2c2ccc3c(c2)OCO3)CC1. The lowest BCUT2D eigenvalue weighted by Gasteiger charge is -2.32. The number of ether oxygens (including phenoxy) is 4. The van der Waals surface area contributed by atoms with Gasteiger partial charge in [-0.25, -0.2) is 5.01 Å². The molecule has 1 atom stereocenters. The Morgan fingerprint density at radius 3 is 2.53 bits per heavy atom. The van der Waals surface area contributed by atoms with Crippen LogP contribution in [-0.2, 0) is 14.3 Å². The summed E-state index contributed by atoms with van der Waals surface area (Å²) in [4.78, 5) is 27.7. The van der Waals surface area contributed by atoms with Crippen molar-refractivity contribution in [3.05, 3.63) is 53.6 Å². The molecule has 0 saturated carbocycles. The second-order valence-corrected chi connectivity index (χ2v) is 9.15. The summed E-state index contributed by atoms with van der Waals surface area (Å²) in [5.74, 6) is 1.84. The average molecular weight is 494 g/mol. The molecule has 3 heterocycles. The molecule has 3 aliphatic heterocycles. The zero-order valence-electron chi connectivity index (χ0n) is 20.6. The molecule has 0 bridgehead atoms. The van der Waals surface area contributed by atoms with Gasteiger partial charge in [-0.3, -0.25) is 14.5 Å². The number of likely N-dealkylation sites (tertiary alicyclic amines) is 1. The number of carbonyl (C=O) groups is 2. The molecule has 9 nitrogen and oxygen atoms in total. The van der Waals surface area contributed by atoms with Crippen LogP contribution in [0.15, 0.2) is 47.6 Å². The maximum absolute atomic E-state index is 13.5. The Hall–Kier alpha value is -3.59. The Morgan fingerprint density at radius 2 is 1.81 bits per heavy atom. The molecule has 1 fully saturated rings. The van der Waals surface area contributed by atoms with Crippen LogP contribution in [0.4, 0.5) is 0 Å². The quantitative estimate of drug-likeness (QED) is 0.546. The zero-order chi connectivity index (χ0) is 25.1. The van der Waals surface area contributed by atoms with Gasteiger partial charge < -0.3 is 18.9 Å². The Labute approximate surface area is 210 Å². The van der Waals surface area contributed by atoms with E-state index in [0.717, 1.165) is 22.6 Å². The lowest BCUT2D eigenvalue weighted by molar-refractivity contribution is -0.149. The molecule has 2 aromatic rings. The molecule has 0 radical (unpaired) electrons. The summed E-state index contributed by atoms with van der Waals surface area (Å²) in [6.07, 6.45) is 1.97. The van der Waals surface area contributed by atoms with Crippen molar-refractivity contribution in [2.75, 3.05) is 40.1 Å². The number of carbonyl (C=O) groups excluding carboxylic acids is 2. The maximum atomic E-state index is 13.5. The standard InChI is InChI=1S/C27H31N3O6/c1-3-34-27(32)19-10-12-29(13-11-19)16-26(31)30-23(20-6-9-24-25(14-20)36-17-35-24)15-22(28-30)18-4-7-21(33-2)8-5-18/h4-9,14,19,23H,3,10-13,15-17H2,1-2H3/t23-/m0/s1. The normalized spacial score (nSPS) is 19.8. The second-order valence-electron chi connectivity index (χ2n) is 9.15. The van der Waals surface area contributed by atoms with Crippen LogP contribution < -0.4 is 14.2 Å². The van der Waals surface area contributed by atoms with Crippen LogP contribution in [0.25, 0.3) is 0 Å². The molecule has 0 aliphatic carbocycles. The summed E-state index contributed by atoms with van der Waals surface area (Å²) in [5.41, 5.74) is 2.74. The monoisotopic (exact) mass is 493 g/mol. The molecule has 9 heteroatoms. The van der Waals surface area contributed by atoms with E-state index in [1.54, 1.807) is 12.1 Å². The van der Waals surface area contributed by atoms with Crippen LogP contribution in [0.3, 0.4) is 0 Å². The van der Waals surface area contributed by atoms with Crippen molar-refractivity contribution >= 4 is 17.6 Å². The van der Waals surface area contributed by atoms with E-state index >= 15 is 0 Å². The summed E-state index contributed by atoms with van der Waals surface area (Å²) in [5, 5.41) is 6.39. The van der Waals surface area contributed by atoms with Gasteiger partial charge in [0.15, 0.2) is 11.5 Å². The fourth-order valence-electron chi connectivity index (χ4n) is 4.93. The van der Waals surface area contributed by atoms with Crippen molar-refractivity contribution in [2.24, 2.45) is 11.0 Å². The van der Waals surface area contributed by atoms with Crippen LogP contribution in [0.2, 0.25) is 0 Å². The molecule has 36 heavy (non-hydrogen) atoms. The highest BCUT2D eigenvalue weighted by atomic mass is 16.7. The molecule has 2 aromatic carbocycles. The number of esters is 1. The molecule has 5 rings (SSSR count). The lowest BCUT2D eigenvalue weighted by atomic mass is 9.96. The van der Waals surface area contributed by atoms with Crippen molar-refractivity contribution in [3.8, 4) is 17.2 Å². The lowest BCUT2D eigenvalue weighted by Crippen LogP contribution is -2.43. The van der Waals surface area contributed by atoms with Crippen molar-refractivity contribution < 1.29 is 28.5 Å². The van der Waals surface area contributed by atoms with Crippen LogP contribution in [0.1, 0.15) is 43.4 Å². The number of benzene rings is 2. The van der Waals surface area contributed by atoms with Crippen LogP contribution in [0.5, 0.6) is 17.2 Å². The minimum absolute atomic E-state index is 0.0734. The van der Waals surface area contributed by atoms with Gasteiger partial charge in [0.2, 0.25) is 6.79 Å². The number of hydrogen-bond acceptors (Lipinski definition) is 8. The van der Waals surface area contributed by atoms with Crippen LogP contribution >= 0.6 is 0 Å². The predicted molar refractivity (Wildman–Crippen MR) is 132 cm³/mol. The van der Waals surface area contributed by atoms with Gasteiger partial charge in [-0.2, -0.15) is 5.10 Å². The predicted octanol–water partition coefficient (Wildman–Crippen LogP) is 3.38. The van der Waals surface area contributed by atoms with Gasteiger partial charge >= 0.3 is 5.97 Å². The molecular weight excluding hydrogens is 462 g/mol. The number of hydrazone groups is 1. The number of rotatable bonds is 7. The number of nitrogens with zero attached hydrogens (tertiary/aromatic N) is 3. The number of piperidine rings is 1. The number of methoxy groups -OCH3 is 1. The first kappa shape index (κ1) is 24.1. The fourth-order valence-corrected chi connectivity index (χ4v) is 4.93. The molecule has 190 valence electrons. The summed E-state index contributed by atoms with van der Waals surface area (Å²) >= 11 is 0. The van der Waals surface area contributed by atoms with Gasteiger partial charge in [0.25, 0.3) is 5.91 Å². The number of amides is 1. The van der Waals surface area contributed by atoms with Crippen LogP contribution in [0, 0.1) is 5.92 Å². The van der Waals surface area contributed by atoms with Gasteiger partial charge in [-0.1, -0.05) is 6.07 Å². The largest absolute Gasteiger partial charge is 0.497 e. The highest BCUT2D eigenvalue weighted by Crippen LogP contribution is 2.39. The van der Waals surface area contributed by atoms with E-state index in [2.05, 4.69) is 4.90 Å². The van der Waals surface area contributed by atoms with Gasteiger partial charge in [-0.05, 0) is 80.4 Å². The van der Waals surface area contributed by atoms with Crippen molar-refractivity contribution in [2.45, 2.75) is 32.2 Å². The molecular formula is C27H31N3O6. The van der Waals surface area contributed by atoms with Crippen molar-refractivity contribution in [1.29, 1.82) is 0 Å². The highest BCUT2D eigenvalue weighted by Gasteiger charge is 2.35. The summed E-state index contributed by atoms with van der Waals surface area (Å²) in [7, 11) is 1.63. The van der Waals surface area contributed by atoms with E-state index in [9.17, 15) is 9.59 Å². The molecule has 1 amide bonds. The van der Waals surface area contributed by atoms with E-state index in [1.165, 1.54) is 0 Å². The zero-order valence-corrected chi connectivity index (χ0v) is 20.6. The third-order valence-corrected chi connectivity index (χ3v) is 6.94. The first-order valence-electron chi connectivity index (χ1n) is 12.4. The number of fused-ring (bicyclic) bond motifs is 1. The van der Waals surface area contributed by atoms with Gasteiger partial charge in [0.1, 0.15) is 5.75 Å². The molecule has 0 N–H and O–H groups in total. The summed E-state index contributed by atoms with van der Waals surface area (Å²) in [6, 6.07) is 13.2. The average Bonchev–Trinajstić information content (AvgIpc) is 3.56. The molecule has 0 spiro atoms. The molecule has 3 aliphatic rings. The van der Waals surface area contributed by atoms with Crippen molar-refractivity contribution in [1.82, 2.24) is 9.91 Å². The molecule has 1 saturated heterocycles. The first-order chi connectivity index (χ1) is 17.6. The van der Waals surface area contributed by atoms with E-state index < -0.39 is 0 Å². The number of hydrogen-bond donors (Lipinski definition) is 0. The van der Waals surface area contributed by atoms with Crippen LogP contribution in [-0.4, -0.2) is 67.6 Å². The van der Waals surface area contributed by atoms with Gasteiger partial charge in [0.05, 0.1) is 37.9 Å². The summed E-state index contributed by atoms with van der Waals surface area (Å²) < 4.78 is 21.5. The minimum atomic E-state index is -0.249. The fraction of sp³-hybridized carbons (Fsp3) is 0.444. The minimum Gasteiger partial charge on any atom is -0.497 e. The highest BCUT2D eigenvalue weighted by molar-refractivity contribution is 6.03. The second kappa shape index (κ2) is 10.6. The van der Waals surface area contributed by atoms with Crippen molar-refractivity contribution in [3.63, 3.8) is 0 Å². The molecule has 0 aromatic heterocycles. The smallest absolute Gasteiger partial charge is 0.309 e. The first-order valence-corrected chi connectivity index (χ1v) is 12.4. The Morgan fingerprint density at radius 1 is 1.06 bits per heavy atom. The Kier molecular flexibility index (Phi) is 7.09. The van der Waals surface area contributed by atoms with E-state index in [-0.39, 0.29) is 37.2 Å². The third-order valence-electron chi connectivity index (χ3n) is 6.94. The van der Waals surface area contributed by atoms with Gasteiger partial charge in [0, 0.05) is 6.42 Å². The van der Waals surface area contributed by atoms with Gasteiger partial charge in [-0.15, -0.1) is 0 Å². The van der Waals surface area contributed by atoms with E-state index in [1.807, 2.05) is 49.4 Å². The third kappa shape index (κ3) is 5.02. The Balaban J connectivity index is 1.33. The topological polar surface area (TPSA) is 89.9 Å². The molecule has 0 unspecified atom stereocenters.